The van der Waals surface area contributed by atoms with Crippen LogP contribution in [-0.2, 0) is 30.4 Å². The molecule has 0 bridgehead atoms. The number of carbonyl (C=O) groups excluding carboxylic acids is 2. The quantitative estimate of drug-likeness (QED) is 0.474. The largest absolute Gasteiger partial charge is 0.461 e. The molecule has 0 aromatic heterocycles. The number of amides is 1. The number of nitrogens with one attached hydrogen (secondary N) is 2. The predicted octanol–water partition coefficient (Wildman–Crippen LogP) is 0.551. The molecule has 127 valence electrons. The highest BCUT2D eigenvalue weighted by molar-refractivity contribution is 5.86. The lowest BCUT2D eigenvalue weighted by Gasteiger charge is -2.11. The summed E-state index contributed by atoms with van der Waals surface area (Å²) in [6, 6.07) is 8.05. The second-order valence-electron chi connectivity index (χ2n) is 4.80. The Bertz CT molecular complexity index is 467. The number of ether oxygens (including phenoxy) is 3. The molecule has 0 saturated carbocycles. The standard InChI is InChI=1S/C16H23N2O5/c1-21-9-10-22-8-7-18-16(20)14(17)11-15(19)23-12-13-5-3-2-4-6-13/h2-6,14,17H,7-12H2,1H3,(H,18,20). The fourth-order valence-electron chi connectivity index (χ4n) is 1.67. The van der Waals surface area contributed by atoms with Crippen molar-refractivity contribution < 1.29 is 23.8 Å². The first-order valence-corrected chi connectivity index (χ1v) is 7.38. The smallest absolute Gasteiger partial charge is 0.308 e. The number of benzene rings is 1. The van der Waals surface area contributed by atoms with Gasteiger partial charge < -0.3 is 19.5 Å². The maximum Gasteiger partial charge on any atom is 0.308 e. The van der Waals surface area contributed by atoms with E-state index in [2.05, 4.69) is 5.32 Å². The van der Waals surface area contributed by atoms with Gasteiger partial charge in [-0.25, -0.2) is 5.73 Å². The van der Waals surface area contributed by atoms with Gasteiger partial charge >= 0.3 is 5.97 Å². The molecule has 1 aromatic carbocycles. The van der Waals surface area contributed by atoms with Crippen LogP contribution in [0.4, 0.5) is 0 Å². The van der Waals surface area contributed by atoms with Crippen LogP contribution in [0.3, 0.4) is 0 Å². The number of carbonyl (C=O) groups is 2. The van der Waals surface area contributed by atoms with Gasteiger partial charge in [0.05, 0.1) is 26.2 Å². The van der Waals surface area contributed by atoms with Gasteiger partial charge in [-0.15, -0.1) is 0 Å². The Morgan fingerprint density at radius 2 is 1.91 bits per heavy atom. The van der Waals surface area contributed by atoms with Crippen LogP contribution in [0.5, 0.6) is 0 Å². The lowest BCUT2D eigenvalue weighted by atomic mass is 10.2. The van der Waals surface area contributed by atoms with Gasteiger partial charge in [0, 0.05) is 13.7 Å². The number of methoxy groups -OCH3 is 1. The summed E-state index contributed by atoms with van der Waals surface area (Å²) in [6.45, 7) is 1.70. The average Bonchev–Trinajstić information content (AvgIpc) is 2.56. The van der Waals surface area contributed by atoms with E-state index in [1.54, 1.807) is 7.11 Å². The first-order chi connectivity index (χ1) is 11.1. The average molecular weight is 323 g/mol. The number of hydrogen-bond acceptors (Lipinski definition) is 5. The van der Waals surface area contributed by atoms with Gasteiger partial charge in [-0.05, 0) is 5.56 Å². The van der Waals surface area contributed by atoms with Gasteiger partial charge in [0.2, 0.25) is 5.91 Å². The van der Waals surface area contributed by atoms with Crippen molar-refractivity contribution in [3.63, 3.8) is 0 Å². The van der Waals surface area contributed by atoms with E-state index in [1.165, 1.54) is 0 Å². The van der Waals surface area contributed by atoms with Gasteiger partial charge in [0.1, 0.15) is 12.6 Å². The van der Waals surface area contributed by atoms with Gasteiger partial charge in [0.15, 0.2) is 0 Å². The molecule has 1 amide bonds. The molecular formula is C16H23N2O5. The zero-order valence-corrected chi connectivity index (χ0v) is 13.2. The van der Waals surface area contributed by atoms with E-state index in [-0.39, 0.29) is 19.6 Å². The molecule has 0 heterocycles. The van der Waals surface area contributed by atoms with Crippen molar-refractivity contribution in [1.82, 2.24) is 11.1 Å². The molecule has 1 rings (SSSR count). The van der Waals surface area contributed by atoms with E-state index in [0.29, 0.717) is 19.8 Å². The van der Waals surface area contributed by atoms with Crippen molar-refractivity contribution in [3.05, 3.63) is 35.9 Å². The second kappa shape index (κ2) is 11.6. The number of esters is 1. The van der Waals surface area contributed by atoms with Crippen LogP contribution in [-0.4, -0.2) is 51.4 Å². The summed E-state index contributed by atoms with van der Waals surface area (Å²) in [4.78, 5) is 23.3. The first-order valence-electron chi connectivity index (χ1n) is 7.38. The van der Waals surface area contributed by atoms with E-state index >= 15 is 0 Å². The van der Waals surface area contributed by atoms with E-state index in [4.69, 9.17) is 19.9 Å². The molecule has 0 spiro atoms. The van der Waals surface area contributed by atoms with E-state index in [1.807, 2.05) is 30.3 Å². The van der Waals surface area contributed by atoms with E-state index in [9.17, 15) is 9.59 Å². The number of rotatable bonds is 11. The second-order valence-corrected chi connectivity index (χ2v) is 4.80. The topological polar surface area (TPSA) is 97.7 Å². The van der Waals surface area contributed by atoms with E-state index in [0.717, 1.165) is 5.56 Å². The summed E-state index contributed by atoms with van der Waals surface area (Å²) < 4.78 is 15.0. The third-order valence-corrected chi connectivity index (χ3v) is 2.91. The van der Waals surface area contributed by atoms with Crippen LogP contribution < -0.4 is 11.1 Å². The molecule has 1 unspecified atom stereocenters. The summed E-state index contributed by atoms with van der Waals surface area (Å²) in [5, 5.41) is 2.54. The molecule has 0 saturated heterocycles. The molecular weight excluding hydrogens is 300 g/mol. The molecule has 1 atom stereocenters. The van der Waals surface area contributed by atoms with Crippen LogP contribution in [0.2, 0.25) is 0 Å². The Hall–Kier alpha value is -1.96. The minimum atomic E-state index is -1.18. The summed E-state index contributed by atoms with van der Waals surface area (Å²) >= 11 is 0. The van der Waals surface area contributed by atoms with Crippen molar-refractivity contribution in [2.75, 3.05) is 33.5 Å². The van der Waals surface area contributed by atoms with Crippen molar-refractivity contribution in [1.29, 1.82) is 0 Å². The van der Waals surface area contributed by atoms with Gasteiger partial charge in [0.25, 0.3) is 0 Å². The fraction of sp³-hybridized carbons (Fsp3) is 0.500. The molecule has 7 heteroatoms. The normalized spacial score (nSPS) is 11.7. The summed E-state index contributed by atoms with van der Waals surface area (Å²) in [5.74, 6) is -1.09. The lowest BCUT2D eigenvalue weighted by molar-refractivity contribution is -0.146. The molecule has 1 aromatic rings. The van der Waals surface area contributed by atoms with Crippen LogP contribution in [0, 0.1) is 0 Å². The van der Waals surface area contributed by atoms with Crippen molar-refractivity contribution in [2.45, 2.75) is 19.1 Å². The van der Waals surface area contributed by atoms with Crippen LogP contribution >= 0.6 is 0 Å². The van der Waals surface area contributed by atoms with Gasteiger partial charge in [-0.1, -0.05) is 30.3 Å². The Labute approximate surface area is 136 Å². The van der Waals surface area contributed by atoms with Crippen molar-refractivity contribution >= 4 is 11.9 Å². The Balaban J connectivity index is 2.14. The molecule has 23 heavy (non-hydrogen) atoms. The highest BCUT2D eigenvalue weighted by Crippen LogP contribution is 2.03. The third kappa shape index (κ3) is 8.92. The van der Waals surface area contributed by atoms with Crippen LogP contribution in [0.15, 0.2) is 30.3 Å². The molecule has 0 aliphatic rings. The molecule has 2 N–H and O–H groups in total. The summed E-state index contributed by atoms with van der Waals surface area (Å²) in [7, 11) is 1.58. The third-order valence-electron chi connectivity index (χ3n) is 2.91. The molecule has 0 aliphatic carbocycles. The molecule has 1 radical (unpaired) electrons. The number of hydrogen-bond donors (Lipinski definition) is 1. The highest BCUT2D eigenvalue weighted by Gasteiger charge is 2.18. The van der Waals surface area contributed by atoms with Gasteiger partial charge in [-0.3, -0.25) is 9.59 Å². The Morgan fingerprint density at radius 3 is 2.61 bits per heavy atom. The maximum atomic E-state index is 11.7. The Morgan fingerprint density at radius 1 is 1.17 bits per heavy atom. The van der Waals surface area contributed by atoms with Crippen molar-refractivity contribution in [3.8, 4) is 0 Å². The minimum Gasteiger partial charge on any atom is -0.461 e. The summed E-state index contributed by atoms with van der Waals surface area (Å²) in [6.07, 6.45) is -0.275. The highest BCUT2D eigenvalue weighted by atomic mass is 16.5. The van der Waals surface area contributed by atoms with Gasteiger partial charge in [-0.2, -0.15) is 0 Å². The fourth-order valence-corrected chi connectivity index (χ4v) is 1.67. The first kappa shape index (κ1) is 19.1. The molecule has 7 nitrogen and oxygen atoms in total. The SMILES string of the molecule is COCCOCCNC(=O)C([NH])CC(=O)OCc1ccccc1. The zero-order valence-electron chi connectivity index (χ0n) is 13.2. The van der Waals surface area contributed by atoms with E-state index < -0.39 is 17.9 Å². The predicted molar refractivity (Wildman–Crippen MR) is 83.4 cm³/mol. The van der Waals surface area contributed by atoms with Crippen molar-refractivity contribution in [2.24, 2.45) is 0 Å². The lowest BCUT2D eigenvalue weighted by Crippen LogP contribution is -2.39. The van der Waals surface area contributed by atoms with Crippen LogP contribution in [0.1, 0.15) is 12.0 Å². The summed E-state index contributed by atoms with van der Waals surface area (Å²) in [5.41, 5.74) is 8.53. The maximum absolute atomic E-state index is 11.7. The zero-order chi connectivity index (χ0) is 16.9. The molecule has 0 aliphatic heterocycles. The minimum absolute atomic E-state index is 0.140. The Kier molecular flexibility index (Phi) is 9.62. The monoisotopic (exact) mass is 323 g/mol. The van der Waals surface area contributed by atoms with Crippen LogP contribution in [0.25, 0.3) is 0 Å². The molecule has 0 fully saturated rings.